The zero-order valence-electron chi connectivity index (χ0n) is 16.2. The summed E-state index contributed by atoms with van der Waals surface area (Å²) in [5.74, 6) is 0.896. The van der Waals surface area contributed by atoms with E-state index in [9.17, 15) is 9.59 Å². The van der Waals surface area contributed by atoms with Crippen LogP contribution in [-0.2, 0) is 20.7 Å². The second kappa shape index (κ2) is 8.71. The van der Waals surface area contributed by atoms with Crippen LogP contribution in [-0.4, -0.2) is 80.7 Å². The van der Waals surface area contributed by atoms with Crippen LogP contribution in [0, 0.1) is 0 Å². The summed E-state index contributed by atoms with van der Waals surface area (Å²) in [4.78, 5) is 29.3. The standard InChI is InChI=1S/C20H29N3O4/c1-26-17-5-3-4-16(14-17)15-18(24)22-10-12-23(13-11-22)19(25)20(27-2)6-8-21-9-7-20/h3-5,14,21H,6-13,15H2,1-2H3. The molecule has 3 rings (SSSR count). The zero-order chi connectivity index (χ0) is 19.3. The Morgan fingerprint density at radius 3 is 2.37 bits per heavy atom. The predicted octanol–water partition coefficient (Wildman–Crippen LogP) is 0.677. The molecule has 0 saturated carbocycles. The normalized spacial score (nSPS) is 19.6. The van der Waals surface area contributed by atoms with E-state index in [0.717, 1.165) is 24.4 Å². The minimum absolute atomic E-state index is 0.0615. The Morgan fingerprint density at radius 2 is 1.74 bits per heavy atom. The molecule has 7 heteroatoms. The maximum absolute atomic E-state index is 13.0. The molecular weight excluding hydrogens is 346 g/mol. The monoisotopic (exact) mass is 375 g/mol. The number of benzene rings is 1. The molecule has 0 aromatic heterocycles. The van der Waals surface area contributed by atoms with Crippen molar-refractivity contribution in [1.82, 2.24) is 15.1 Å². The molecule has 0 aliphatic carbocycles. The third-order valence-electron chi connectivity index (χ3n) is 5.60. The SMILES string of the molecule is COc1cccc(CC(=O)N2CCN(C(=O)C3(OC)CCNCC3)CC2)c1. The third kappa shape index (κ3) is 4.42. The summed E-state index contributed by atoms with van der Waals surface area (Å²) in [5.41, 5.74) is 0.226. The van der Waals surface area contributed by atoms with E-state index in [1.54, 1.807) is 14.2 Å². The number of hydrogen-bond acceptors (Lipinski definition) is 5. The lowest BCUT2D eigenvalue weighted by atomic mass is 9.90. The van der Waals surface area contributed by atoms with E-state index in [-0.39, 0.29) is 11.8 Å². The molecular formula is C20H29N3O4. The number of piperazine rings is 1. The molecule has 1 N–H and O–H groups in total. The number of amides is 2. The first-order valence-electron chi connectivity index (χ1n) is 9.54. The molecule has 2 aliphatic heterocycles. The summed E-state index contributed by atoms with van der Waals surface area (Å²) < 4.78 is 10.9. The van der Waals surface area contributed by atoms with E-state index in [1.165, 1.54) is 0 Å². The molecule has 1 aromatic rings. The fourth-order valence-corrected chi connectivity index (χ4v) is 3.85. The fraction of sp³-hybridized carbons (Fsp3) is 0.600. The summed E-state index contributed by atoms with van der Waals surface area (Å²) in [7, 11) is 3.24. The van der Waals surface area contributed by atoms with Crippen LogP contribution >= 0.6 is 0 Å². The van der Waals surface area contributed by atoms with Gasteiger partial charge in [0.1, 0.15) is 11.4 Å². The topological polar surface area (TPSA) is 71.1 Å². The highest BCUT2D eigenvalue weighted by molar-refractivity contribution is 5.86. The van der Waals surface area contributed by atoms with Crippen LogP contribution in [0.25, 0.3) is 0 Å². The Balaban J connectivity index is 1.54. The molecule has 148 valence electrons. The number of methoxy groups -OCH3 is 2. The Morgan fingerprint density at radius 1 is 1.07 bits per heavy atom. The number of hydrogen-bond donors (Lipinski definition) is 1. The average molecular weight is 375 g/mol. The van der Waals surface area contributed by atoms with Crippen molar-refractivity contribution in [2.24, 2.45) is 0 Å². The minimum atomic E-state index is -0.710. The van der Waals surface area contributed by atoms with Gasteiger partial charge in [0.2, 0.25) is 5.91 Å². The van der Waals surface area contributed by atoms with Crippen LogP contribution in [0.4, 0.5) is 0 Å². The van der Waals surface area contributed by atoms with Crippen molar-refractivity contribution in [3.63, 3.8) is 0 Å². The first-order chi connectivity index (χ1) is 13.1. The molecule has 1 aromatic carbocycles. The van der Waals surface area contributed by atoms with Gasteiger partial charge in [0.05, 0.1) is 13.5 Å². The molecule has 0 bridgehead atoms. The van der Waals surface area contributed by atoms with Crippen LogP contribution in [0.3, 0.4) is 0 Å². The summed E-state index contributed by atoms with van der Waals surface area (Å²) in [6, 6.07) is 7.57. The van der Waals surface area contributed by atoms with Crippen molar-refractivity contribution in [1.29, 1.82) is 0 Å². The smallest absolute Gasteiger partial charge is 0.255 e. The fourth-order valence-electron chi connectivity index (χ4n) is 3.85. The highest BCUT2D eigenvalue weighted by Crippen LogP contribution is 2.26. The van der Waals surface area contributed by atoms with Crippen molar-refractivity contribution in [2.75, 3.05) is 53.5 Å². The van der Waals surface area contributed by atoms with Gasteiger partial charge in [0.15, 0.2) is 0 Å². The summed E-state index contributed by atoms with van der Waals surface area (Å²) in [5, 5.41) is 3.27. The number of nitrogens with zero attached hydrogens (tertiary/aromatic N) is 2. The molecule has 2 saturated heterocycles. The van der Waals surface area contributed by atoms with E-state index in [2.05, 4.69) is 5.32 Å². The van der Waals surface area contributed by atoms with Gasteiger partial charge >= 0.3 is 0 Å². The van der Waals surface area contributed by atoms with Gasteiger partial charge in [0.25, 0.3) is 5.91 Å². The van der Waals surface area contributed by atoms with Crippen LogP contribution in [0.15, 0.2) is 24.3 Å². The highest BCUT2D eigenvalue weighted by atomic mass is 16.5. The Labute approximate surface area is 160 Å². The third-order valence-corrected chi connectivity index (χ3v) is 5.60. The van der Waals surface area contributed by atoms with Crippen LogP contribution in [0.1, 0.15) is 18.4 Å². The molecule has 2 aliphatic rings. The lowest BCUT2D eigenvalue weighted by molar-refractivity contribution is -0.161. The second-order valence-electron chi connectivity index (χ2n) is 7.15. The van der Waals surface area contributed by atoms with Crippen LogP contribution in [0.5, 0.6) is 5.75 Å². The van der Waals surface area contributed by atoms with E-state index in [4.69, 9.17) is 9.47 Å². The predicted molar refractivity (Wildman–Crippen MR) is 102 cm³/mol. The first kappa shape index (κ1) is 19.6. The number of carbonyl (C=O) groups excluding carboxylic acids is 2. The number of piperidine rings is 1. The molecule has 2 fully saturated rings. The van der Waals surface area contributed by atoms with Gasteiger partial charge in [-0.1, -0.05) is 12.1 Å². The highest BCUT2D eigenvalue weighted by Gasteiger charge is 2.43. The van der Waals surface area contributed by atoms with E-state index in [0.29, 0.717) is 45.4 Å². The van der Waals surface area contributed by atoms with E-state index in [1.807, 2.05) is 34.1 Å². The van der Waals surface area contributed by atoms with Crippen molar-refractivity contribution < 1.29 is 19.1 Å². The van der Waals surface area contributed by atoms with Crippen LogP contribution < -0.4 is 10.1 Å². The summed E-state index contributed by atoms with van der Waals surface area (Å²) in [6.45, 7) is 3.82. The van der Waals surface area contributed by atoms with Crippen LogP contribution in [0.2, 0.25) is 0 Å². The number of rotatable bonds is 5. The molecule has 0 spiro atoms. The molecule has 0 unspecified atom stereocenters. The molecule has 2 amide bonds. The van der Waals surface area contributed by atoms with E-state index >= 15 is 0 Å². The van der Waals surface area contributed by atoms with E-state index < -0.39 is 5.60 Å². The van der Waals surface area contributed by atoms with Gasteiger partial charge in [-0.2, -0.15) is 0 Å². The Bertz CT molecular complexity index is 665. The molecule has 2 heterocycles. The number of nitrogens with one attached hydrogen (secondary N) is 1. The largest absolute Gasteiger partial charge is 0.497 e. The van der Waals surface area contributed by atoms with Gasteiger partial charge < -0.3 is 24.6 Å². The summed E-state index contributed by atoms with van der Waals surface area (Å²) >= 11 is 0. The maximum atomic E-state index is 13.0. The van der Waals surface area contributed by atoms with Gasteiger partial charge in [-0.05, 0) is 43.6 Å². The number of carbonyl (C=O) groups is 2. The zero-order valence-corrected chi connectivity index (χ0v) is 16.2. The summed E-state index contributed by atoms with van der Waals surface area (Å²) in [6.07, 6.45) is 1.73. The molecule has 0 atom stereocenters. The lowest BCUT2D eigenvalue weighted by Gasteiger charge is -2.42. The first-order valence-corrected chi connectivity index (χ1v) is 9.54. The quantitative estimate of drug-likeness (QED) is 0.819. The second-order valence-corrected chi connectivity index (χ2v) is 7.15. The lowest BCUT2D eigenvalue weighted by Crippen LogP contribution is -2.59. The number of ether oxygens (including phenoxy) is 2. The van der Waals surface area contributed by atoms with Crippen molar-refractivity contribution >= 4 is 11.8 Å². The Kier molecular flexibility index (Phi) is 6.34. The molecule has 27 heavy (non-hydrogen) atoms. The Hall–Kier alpha value is -2.12. The van der Waals surface area contributed by atoms with Gasteiger partial charge in [-0.3, -0.25) is 9.59 Å². The van der Waals surface area contributed by atoms with Gasteiger partial charge in [0, 0.05) is 33.3 Å². The minimum Gasteiger partial charge on any atom is -0.497 e. The molecule has 0 radical (unpaired) electrons. The van der Waals surface area contributed by atoms with Crippen molar-refractivity contribution in [3.8, 4) is 5.75 Å². The van der Waals surface area contributed by atoms with Crippen molar-refractivity contribution in [3.05, 3.63) is 29.8 Å². The molecule has 7 nitrogen and oxygen atoms in total. The van der Waals surface area contributed by atoms with Gasteiger partial charge in [-0.15, -0.1) is 0 Å². The van der Waals surface area contributed by atoms with Crippen molar-refractivity contribution in [2.45, 2.75) is 24.9 Å². The van der Waals surface area contributed by atoms with Gasteiger partial charge in [-0.25, -0.2) is 0 Å². The average Bonchev–Trinajstić information content (AvgIpc) is 2.74. The maximum Gasteiger partial charge on any atom is 0.255 e.